The second-order valence-corrected chi connectivity index (χ2v) is 2.18. The molecule has 0 aromatic rings. The molecule has 1 amide bonds. The number of hydrogen-bond donors (Lipinski definition) is 3. The molecule has 11 heavy (non-hydrogen) atoms. The predicted molar refractivity (Wildman–Crippen MR) is 43.3 cm³/mol. The zero-order chi connectivity index (χ0) is 8.53. The molecule has 4 nitrogen and oxygen atoms in total. The number of amides is 1. The summed E-state index contributed by atoms with van der Waals surface area (Å²) < 4.78 is 0. The molecule has 3 N–H and O–H groups in total. The fourth-order valence-electron chi connectivity index (χ4n) is 0.692. The fourth-order valence-corrected chi connectivity index (χ4v) is 0.692. The highest BCUT2D eigenvalue weighted by Crippen LogP contribution is 1.75. The zero-order valence-corrected chi connectivity index (χ0v) is 6.89. The van der Waals surface area contributed by atoms with Crippen LogP contribution in [0.15, 0.2) is 0 Å². The third kappa shape index (κ3) is 7.29. The van der Waals surface area contributed by atoms with Crippen molar-refractivity contribution in [3.05, 3.63) is 0 Å². The quantitative estimate of drug-likeness (QED) is 0.441. The van der Waals surface area contributed by atoms with Crippen LogP contribution in [0.25, 0.3) is 0 Å². The van der Waals surface area contributed by atoms with Crippen LogP contribution in [0.2, 0.25) is 0 Å². The van der Waals surface area contributed by atoms with Crippen molar-refractivity contribution in [2.75, 3.05) is 26.2 Å². The molecule has 66 valence electrons. The van der Waals surface area contributed by atoms with Gasteiger partial charge < -0.3 is 15.7 Å². The molecule has 0 rings (SSSR count). The molecule has 0 fully saturated rings. The third-order valence-corrected chi connectivity index (χ3v) is 1.19. The molecule has 0 spiro atoms. The standard InChI is InChI=1S/C7H16N2O2/c1-2-9-7(11)3-4-8-5-6-10/h8,10H,2-6H2,1H3,(H,9,11). The first-order valence-corrected chi connectivity index (χ1v) is 3.89. The van der Waals surface area contributed by atoms with E-state index in [4.69, 9.17) is 5.11 Å². The highest BCUT2D eigenvalue weighted by Gasteiger charge is 1.96. The van der Waals surface area contributed by atoms with E-state index < -0.39 is 0 Å². The Morgan fingerprint density at radius 2 is 2.18 bits per heavy atom. The van der Waals surface area contributed by atoms with Crippen molar-refractivity contribution >= 4 is 5.91 Å². The highest BCUT2D eigenvalue weighted by atomic mass is 16.3. The van der Waals surface area contributed by atoms with Gasteiger partial charge in [-0.1, -0.05) is 0 Å². The van der Waals surface area contributed by atoms with Gasteiger partial charge in [0.25, 0.3) is 0 Å². The average Bonchev–Trinajstić information content (AvgIpc) is 1.99. The largest absolute Gasteiger partial charge is 0.395 e. The van der Waals surface area contributed by atoms with Crippen LogP contribution in [0, 0.1) is 0 Å². The Hall–Kier alpha value is -0.610. The summed E-state index contributed by atoms with van der Waals surface area (Å²) in [6.45, 7) is 3.87. The Bertz CT molecular complexity index is 107. The van der Waals surface area contributed by atoms with Crippen molar-refractivity contribution in [3.8, 4) is 0 Å². The van der Waals surface area contributed by atoms with Gasteiger partial charge in [-0.25, -0.2) is 0 Å². The van der Waals surface area contributed by atoms with Crippen molar-refractivity contribution < 1.29 is 9.90 Å². The van der Waals surface area contributed by atoms with Gasteiger partial charge in [-0.3, -0.25) is 4.79 Å². The van der Waals surface area contributed by atoms with Crippen LogP contribution in [-0.4, -0.2) is 37.3 Å². The Morgan fingerprint density at radius 3 is 2.73 bits per heavy atom. The van der Waals surface area contributed by atoms with Crippen LogP contribution in [-0.2, 0) is 4.79 Å². The number of aliphatic hydroxyl groups excluding tert-OH is 1. The van der Waals surface area contributed by atoms with Gasteiger partial charge in [0, 0.05) is 26.1 Å². The van der Waals surface area contributed by atoms with Gasteiger partial charge in [-0.2, -0.15) is 0 Å². The van der Waals surface area contributed by atoms with Crippen molar-refractivity contribution in [3.63, 3.8) is 0 Å². The van der Waals surface area contributed by atoms with Crippen molar-refractivity contribution in [2.24, 2.45) is 0 Å². The van der Waals surface area contributed by atoms with Gasteiger partial charge in [-0.15, -0.1) is 0 Å². The van der Waals surface area contributed by atoms with E-state index in [1.165, 1.54) is 0 Å². The molecule has 0 saturated carbocycles. The first-order chi connectivity index (χ1) is 5.31. The first-order valence-electron chi connectivity index (χ1n) is 3.89. The summed E-state index contributed by atoms with van der Waals surface area (Å²) in [5.74, 6) is 0.0536. The Labute approximate surface area is 67.0 Å². The summed E-state index contributed by atoms with van der Waals surface area (Å²) >= 11 is 0. The average molecular weight is 160 g/mol. The smallest absolute Gasteiger partial charge is 0.221 e. The first kappa shape index (κ1) is 10.4. The second kappa shape index (κ2) is 7.50. The molecule has 0 saturated heterocycles. The van der Waals surface area contributed by atoms with Gasteiger partial charge in [-0.05, 0) is 6.92 Å². The summed E-state index contributed by atoms with van der Waals surface area (Å²) in [5.41, 5.74) is 0. The minimum Gasteiger partial charge on any atom is -0.395 e. The lowest BCUT2D eigenvalue weighted by Gasteiger charge is -2.02. The second-order valence-electron chi connectivity index (χ2n) is 2.18. The summed E-state index contributed by atoms with van der Waals surface area (Å²) in [4.78, 5) is 10.8. The molecular weight excluding hydrogens is 144 g/mol. The van der Waals surface area contributed by atoms with Gasteiger partial charge in [0.15, 0.2) is 0 Å². The number of rotatable bonds is 6. The van der Waals surface area contributed by atoms with E-state index in [0.29, 0.717) is 26.1 Å². The van der Waals surface area contributed by atoms with Gasteiger partial charge in [0.2, 0.25) is 5.91 Å². The lowest BCUT2D eigenvalue weighted by molar-refractivity contribution is -0.120. The molecule has 0 aliphatic carbocycles. The van der Waals surface area contributed by atoms with Crippen molar-refractivity contribution in [1.82, 2.24) is 10.6 Å². The van der Waals surface area contributed by atoms with Crippen LogP contribution in [0.5, 0.6) is 0 Å². The fraction of sp³-hybridized carbons (Fsp3) is 0.857. The van der Waals surface area contributed by atoms with Crippen LogP contribution in [0.1, 0.15) is 13.3 Å². The minimum absolute atomic E-state index is 0.0536. The number of hydrogen-bond acceptors (Lipinski definition) is 3. The number of carbonyl (C=O) groups is 1. The molecule has 0 bridgehead atoms. The van der Waals surface area contributed by atoms with Crippen molar-refractivity contribution in [2.45, 2.75) is 13.3 Å². The molecule has 0 heterocycles. The van der Waals surface area contributed by atoms with E-state index in [-0.39, 0.29) is 12.5 Å². The molecule has 0 unspecified atom stereocenters. The maximum absolute atomic E-state index is 10.8. The lowest BCUT2D eigenvalue weighted by atomic mass is 10.4. The topological polar surface area (TPSA) is 61.4 Å². The van der Waals surface area contributed by atoms with E-state index in [0.717, 1.165) is 0 Å². The van der Waals surface area contributed by atoms with Crippen LogP contribution in [0.4, 0.5) is 0 Å². The number of aliphatic hydroxyl groups is 1. The molecule has 0 aromatic carbocycles. The van der Waals surface area contributed by atoms with Crippen LogP contribution < -0.4 is 10.6 Å². The Morgan fingerprint density at radius 1 is 1.45 bits per heavy atom. The summed E-state index contributed by atoms with van der Waals surface area (Å²) in [6.07, 6.45) is 0.480. The maximum atomic E-state index is 10.8. The SMILES string of the molecule is CCNC(=O)CCNCCO. The van der Waals surface area contributed by atoms with Crippen LogP contribution >= 0.6 is 0 Å². The van der Waals surface area contributed by atoms with Crippen molar-refractivity contribution in [1.29, 1.82) is 0 Å². The molecule has 0 aromatic heterocycles. The Balaban J connectivity index is 3.04. The number of nitrogens with one attached hydrogen (secondary N) is 2. The third-order valence-electron chi connectivity index (χ3n) is 1.19. The molecule has 4 heteroatoms. The van der Waals surface area contributed by atoms with E-state index in [1.54, 1.807) is 0 Å². The maximum Gasteiger partial charge on any atom is 0.221 e. The lowest BCUT2D eigenvalue weighted by Crippen LogP contribution is -2.28. The molecule has 0 aliphatic heterocycles. The molecule has 0 radical (unpaired) electrons. The molecule has 0 aliphatic rings. The van der Waals surface area contributed by atoms with Gasteiger partial charge in [0.05, 0.1) is 6.61 Å². The van der Waals surface area contributed by atoms with E-state index in [1.807, 2.05) is 6.92 Å². The highest BCUT2D eigenvalue weighted by molar-refractivity contribution is 5.75. The summed E-state index contributed by atoms with van der Waals surface area (Å²) in [7, 11) is 0. The van der Waals surface area contributed by atoms with Crippen LogP contribution in [0.3, 0.4) is 0 Å². The normalized spacial score (nSPS) is 9.64. The minimum atomic E-state index is 0.0536. The molecular formula is C7H16N2O2. The van der Waals surface area contributed by atoms with E-state index in [2.05, 4.69) is 10.6 Å². The molecule has 0 atom stereocenters. The van der Waals surface area contributed by atoms with Gasteiger partial charge >= 0.3 is 0 Å². The summed E-state index contributed by atoms with van der Waals surface area (Å²) in [5, 5.41) is 14.0. The monoisotopic (exact) mass is 160 g/mol. The zero-order valence-electron chi connectivity index (χ0n) is 6.89. The number of carbonyl (C=O) groups excluding carboxylic acids is 1. The summed E-state index contributed by atoms with van der Waals surface area (Å²) in [6, 6.07) is 0. The predicted octanol–water partition coefficient (Wildman–Crippen LogP) is -0.905. The Kier molecular flexibility index (Phi) is 7.08. The van der Waals surface area contributed by atoms with E-state index in [9.17, 15) is 4.79 Å². The van der Waals surface area contributed by atoms with Gasteiger partial charge in [0.1, 0.15) is 0 Å². The van der Waals surface area contributed by atoms with E-state index >= 15 is 0 Å².